The summed E-state index contributed by atoms with van der Waals surface area (Å²) < 4.78 is 40.2. The van der Waals surface area contributed by atoms with Gasteiger partial charge in [0.25, 0.3) is 0 Å². The Bertz CT molecular complexity index is 989. The first kappa shape index (κ1) is 15.9. The molecule has 1 aliphatic heterocycles. The molecule has 1 spiro atoms. The number of nitrogens with zero attached hydrogens (tertiary/aromatic N) is 1. The summed E-state index contributed by atoms with van der Waals surface area (Å²) in [6.07, 6.45) is 0.512. The topological polar surface area (TPSA) is 41.5 Å². The largest absolute Gasteiger partial charge is 0.449 e. The van der Waals surface area contributed by atoms with Crippen molar-refractivity contribution in [1.82, 2.24) is 0 Å². The highest BCUT2D eigenvalue weighted by atomic mass is 35.5. The Morgan fingerprint density at radius 2 is 1.72 bits per heavy atom. The van der Waals surface area contributed by atoms with Crippen LogP contribution in [0, 0.1) is 0 Å². The van der Waals surface area contributed by atoms with Gasteiger partial charge in [0, 0.05) is 21.4 Å². The summed E-state index contributed by atoms with van der Waals surface area (Å²) in [4.78, 5) is 15.3. The smallest absolute Gasteiger partial charge is 0.336 e. The van der Waals surface area contributed by atoms with Crippen LogP contribution in [0.3, 0.4) is 0 Å². The number of nitrogens with one attached hydrogen (secondary N) is 1. The highest BCUT2D eigenvalue weighted by Crippen LogP contribution is 2.46. The third kappa shape index (κ3) is 2.44. The van der Waals surface area contributed by atoms with E-state index in [0.717, 1.165) is 0 Å². The Labute approximate surface area is 145 Å². The number of aliphatic imine (C=N–C) groups is 1. The van der Waals surface area contributed by atoms with E-state index in [2.05, 4.69) is 10.3 Å². The van der Waals surface area contributed by atoms with E-state index in [9.17, 15) is 18.0 Å². The molecule has 3 nitrogen and oxygen atoms in total. The number of halogens is 4. The minimum Gasteiger partial charge on any atom is -0.336 e. The lowest BCUT2D eigenvalue weighted by atomic mass is 9.82. The summed E-state index contributed by atoms with van der Waals surface area (Å²) in [5.74, 6) is -1.42. The highest BCUT2D eigenvalue weighted by Gasteiger charge is 2.44. The molecule has 2 aromatic carbocycles. The maximum absolute atomic E-state index is 13.4. The number of hydrogen-bond donors (Lipinski definition) is 1. The van der Waals surface area contributed by atoms with Crippen molar-refractivity contribution < 1.29 is 18.0 Å². The number of amidine groups is 1. The predicted molar refractivity (Wildman–Crippen MR) is 91.0 cm³/mol. The van der Waals surface area contributed by atoms with E-state index in [1.165, 1.54) is 24.3 Å². The van der Waals surface area contributed by atoms with Crippen molar-refractivity contribution in [2.45, 2.75) is 11.7 Å². The molecule has 0 atom stereocenters. The van der Waals surface area contributed by atoms with E-state index >= 15 is 0 Å². The van der Waals surface area contributed by atoms with Crippen LogP contribution in [-0.2, 0) is 10.3 Å². The Hall–Kier alpha value is -2.60. The summed E-state index contributed by atoms with van der Waals surface area (Å²) in [7, 11) is 0. The normalized spacial score (nSPS) is 18.2. The van der Waals surface area contributed by atoms with Gasteiger partial charge in [-0.1, -0.05) is 35.9 Å². The summed E-state index contributed by atoms with van der Waals surface area (Å²) in [6.45, 7) is 0. The zero-order valence-electron chi connectivity index (χ0n) is 12.6. The number of rotatable bonds is 0. The van der Waals surface area contributed by atoms with Crippen LogP contribution in [0.1, 0.15) is 5.56 Å². The van der Waals surface area contributed by atoms with Crippen molar-refractivity contribution in [3.8, 4) is 0 Å². The lowest BCUT2D eigenvalue weighted by Gasteiger charge is -2.34. The number of carbonyl (C=O) groups is 1. The molecule has 7 heteroatoms. The van der Waals surface area contributed by atoms with E-state index in [0.29, 0.717) is 21.4 Å². The molecule has 25 heavy (non-hydrogen) atoms. The molecule has 126 valence electrons. The first-order valence-electron chi connectivity index (χ1n) is 7.38. The average Bonchev–Trinajstić information content (AvgIpc) is 2.58. The molecule has 0 aromatic heterocycles. The summed E-state index contributed by atoms with van der Waals surface area (Å²) in [5.41, 5.74) is -0.678. The van der Waals surface area contributed by atoms with Crippen LogP contribution in [0.4, 0.5) is 18.9 Å². The number of hydrogen-bond acceptors (Lipinski definition) is 3. The molecule has 0 radical (unpaired) electrons. The van der Waals surface area contributed by atoms with Crippen LogP contribution in [0.2, 0.25) is 5.02 Å². The Morgan fingerprint density at radius 1 is 1.08 bits per heavy atom. The molecule has 0 fully saturated rings. The van der Waals surface area contributed by atoms with Crippen LogP contribution >= 0.6 is 11.6 Å². The van der Waals surface area contributed by atoms with Crippen LogP contribution in [0.25, 0.3) is 10.8 Å². The van der Waals surface area contributed by atoms with Crippen molar-refractivity contribution in [2.24, 2.45) is 4.99 Å². The molecule has 0 saturated carbocycles. The Kier molecular flexibility index (Phi) is 3.30. The number of anilines is 1. The van der Waals surface area contributed by atoms with Crippen molar-refractivity contribution in [3.05, 3.63) is 65.2 Å². The fraction of sp³-hybridized carbons (Fsp3) is 0.111. The molecule has 1 N–H and O–H groups in total. The first-order valence-corrected chi connectivity index (χ1v) is 7.76. The van der Waals surface area contributed by atoms with Crippen LogP contribution in [0.5, 0.6) is 0 Å². The fourth-order valence-electron chi connectivity index (χ4n) is 3.09. The second-order valence-electron chi connectivity index (χ2n) is 5.80. The number of ketones is 1. The van der Waals surface area contributed by atoms with Gasteiger partial charge in [0.15, 0.2) is 5.78 Å². The zero-order valence-corrected chi connectivity index (χ0v) is 13.3. The average molecular weight is 363 g/mol. The molecule has 0 saturated heterocycles. The second kappa shape index (κ2) is 5.20. The first-order chi connectivity index (χ1) is 11.8. The molecule has 0 bridgehead atoms. The summed E-state index contributed by atoms with van der Waals surface area (Å²) in [6, 6.07) is 8.51. The molecule has 2 aromatic rings. The molecule has 2 aliphatic rings. The van der Waals surface area contributed by atoms with Crippen LogP contribution in [0.15, 0.2) is 59.6 Å². The number of allylic oxidation sites excluding steroid dienone is 2. The fourth-order valence-corrected chi connectivity index (χ4v) is 3.36. The van der Waals surface area contributed by atoms with Gasteiger partial charge in [-0.2, -0.15) is 13.2 Å². The van der Waals surface area contributed by atoms with Gasteiger partial charge in [-0.15, -0.1) is 0 Å². The van der Waals surface area contributed by atoms with E-state index in [1.807, 2.05) is 0 Å². The number of fused-ring (bicyclic) bond motifs is 4. The molecule has 1 heterocycles. The van der Waals surface area contributed by atoms with Crippen molar-refractivity contribution >= 4 is 39.7 Å². The number of alkyl halides is 3. The van der Waals surface area contributed by atoms with E-state index in [-0.39, 0.29) is 11.5 Å². The van der Waals surface area contributed by atoms with Gasteiger partial charge in [0.2, 0.25) is 5.84 Å². The van der Waals surface area contributed by atoms with Gasteiger partial charge < -0.3 is 5.32 Å². The van der Waals surface area contributed by atoms with E-state index in [1.54, 1.807) is 30.3 Å². The standard InChI is InChI=1S/C18H10ClF3N2O/c19-14-9-13-15(12-4-2-1-3-11(12)14)23-16(18(20,21)22)24-17(13)7-5-10(25)6-8-17/h1-9H,(H,23,24). The van der Waals surface area contributed by atoms with Gasteiger partial charge in [-0.05, 0) is 30.4 Å². The minimum absolute atomic E-state index is 0.283. The third-order valence-corrected chi connectivity index (χ3v) is 4.55. The number of carbonyl (C=O) groups excluding carboxylic acids is 1. The van der Waals surface area contributed by atoms with Crippen molar-refractivity contribution in [3.63, 3.8) is 0 Å². The molecular weight excluding hydrogens is 353 g/mol. The highest BCUT2D eigenvalue weighted by molar-refractivity contribution is 6.36. The van der Waals surface area contributed by atoms with Gasteiger partial charge in [-0.3, -0.25) is 4.79 Å². The summed E-state index contributed by atoms with van der Waals surface area (Å²) >= 11 is 6.34. The maximum Gasteiger partial charge on any atom is 0.449 e. The summed E-state index contributed by atoms with van der Waals surface area (Å²) in [5, 5.41) is 3.99. The van der Waals surface area contributed by atoms with Crippen molar-refractivity contribution in [1.29, 1.82) is 0 Å². The second-order valence-corrected chi connectivity index (χ2v) is 6.21. The molecule has 0 amide bonds. The predicted octanol–water partition coefficient (Wildman–Crippen LogP) is 4.77. The maximum atomic E-state index is 13.4. The van der Waals surface area contributed by atoms with E-state index in [4.69, 9.17) is 11.6 Å². The van der Waals surface area contributed by atoms with Gasteiger partial charge >= 0.3 is 6.18 Å². The molecular formula is C18H10ClF3N2O. The van der Waals surface area contributed by atoms with Gasteiger partial charge in [0.05, 0.1) is 5.69 Å². The van der Waals surface area contributed by atoms with E-state index < -0.39 is 17.6 Å². The number of benzene rings is 2. The third-order valence-electron chi connectivity index (χ3n) is 4.24. The molecule has 1 aliphatic carbocycles. The lowest BCUT2D eigenvalue weighted by Crippen LogP contribution is -2.39. The zero-order chi connectivity index (χ0) is 17.8. The monoisotopic (exact) mass is 362 g/mol. The Balaban J connectivity index is 2.07. The lowest BCUT2D eigenvalue weighted by molar-refractivity contribution is -0.110. The Morgan fingerprint density at radius 3 is 2.36 bits per heavy atom. The van der Waals surface area contributed by atoms with Crippen molar-refractivity contribution in [2.75, 3.05) is 5.32 Å². The van der Waals surface area contributed by atoms with Crippen LogP contribution in [-0.4, -0.2) is 17.8 Å². The SMILES string of the molecule is O=C1C=CC2(C=C1)N=C(C(F)(F)F)Nc1c2cc(Cl)c2ccccc12. The minimum atomic E-state index is -4.66. The van der Waals surface area contributed by atoms with Gasteiger partial charge in [-0.25, -0.2) is 4.99 Å². The molecule has 0 unspecified atom stereocenters. The quantitative estimate of drug-likeness (QED) is 0.733. The molecule has 4 rings (SSSR count). The van der Waals surface area contributed by atoms with Gasteiger partial charge in [0.1, 0.15) is 5.54 Å². The van der Waals surface area contributed by atoms with Crippen LogP contribution < -0.4 is 5.32 Å².